The minimum Gasteiger partial charge on any atom is -0.390 e. The second-order valence-electron chi connectivity index (χ2n) is 3.09. The Kier molecular flexibility index (Phi) is 2.18. The third kappa shape index (κ3) is 1.03. The molecule has 1 aliphatic heterocycles. The van der Waals surface area contributed by atoms with Gasteiger partial charge in [0.2, 0.25) is 5.91 Å². The van der Waals surface area contributed by atoms with Gasteiger partial charge in [-0.3, -0.25) is 4.79 Å². The maximum Gasteiger partial charge on any atom is 0.228 e. The summed E-state index contributed by atoms with van der Waals surface area (Å²) in [7, 11) is 0. The summed E-state index contributed by atoms with van der Waals surface area (Å²) in [4.78, 5) is 11.3. The highest BCUT2D eigenvalue weighted by molar-refractivity contribution is 5.85. The number of aliphatic hydroxyl groups excluding tert-OH is 1. The van der Waals surface area contributed by atoms with E-state index in [1.54, 1.807) is 0 Å². The molecule has 2 N–H and O–H groups in total. The number of rotatable bonds is 2. The normalized spacial score (nSPS) is 28.6. The van der Waals surface area contributed by atoms with Crippen molar-refractivity contribution in [2.75, 3.05) is 6.54 Å². The first-order valence-electron chi connectivity index (χ1n) is 4.13. The maximum atomic E-state index is 11.3. The quantitative estimate of drug-likeness (QED) is 0.605. The molecule has 0 spiro atoms. The third-order valence-corrected chi connectivity index (χ3v) is 2.81. The summed E-state index contributed by atoms with van der Waals surface area (Å²) in [5.41, 5.74) is -0.500. The summed E-state index contributed by atoms with van der Waals surface area (Å²) in [6, 6.07) is 0. The highest BCUT2D eigenvalue weighted by Crippen LogP contribution is 2.34. The zero-order valence-electron chi connectivity index (χ0n) is 7.05. The number of carbonyl (C=O) groups excluding carboxylic acids is 1. The summed E-state index contributed by atoms with van der Waals surface area (Å²) in [6.07, 6.45) is 0.942. The number of nitrogens with one attached hydrogen (secondary N) is 1. The van der Waals surface area contributed by atoms with Gasteiger partial charge in [-0.1, -0.05) is 13.8 Å². The molecule has 1 rings (SSSR count). The average Bonchev–Trinajstić information content (AvgIpc) is 2.29. The summed E-state index contributed by atoms with van der Waals surface area (Å²) < 4.78 is 0. The van der Waals surface area contributed by atoms with Gasteiger partial charge in [-0.15, -0.1) is 0 Å². The summed E-state index contributed by atoms with van der Waals surface area (Å²) in [6.45, 7) is 4.30. The van der Waals surface area contributed by atoms with E-state index in [2.05, 4.69) is 5.32 Å². The molecule has 3 heteroatoms. The number of amides is 1. The minimum atomic E-state index is -0.500. The maximum absolute atomic E-state index is 11.3. The van der Waals surface area contributed by atoms with Gasteiger partial charge in [-0.05, 0) is 12.8 Å². The van der Waals surface area contributed by atoms with Crippen molar-refractivity contribution in [3.05, 3.63) is 0 Å². The monoisotopic (exact) mass is 157 g/mol. The molecule has 1 heterocycles. The predicted octanol–water partition coefficient (Wildman–Crippen LogP) is 0.283. The van der Waals surface area contributed by atoms with Crippen molar-refractivity contribution in [3.63, 3.8) is 0 Å². The lowest BCUT2D eigenvalue weighted by molar-refractivity contribution is -0.131. The van der Waals surface area contributed by atoms with Crippen molar-refractivity contribution in [1.29, 1.82) is 0 Å². The SMILES string of the molecule is CCC1(CC)C(=O)NCC1O. The molecule has 0 aliphatic carbocycles. The lowest BCUT2D eigenvalue weighted by Gasteiger charge is -2.25. The summed E-state index contributed by atoms with van der Waals surface area (Å²) in [5, 5.41) is 12.2. The molecule has 1 atom stereocenters. The van der Waals surface area contributed by atoms with E-state index in [-0.39, 0.29) is 5.91 Å². The van der Waals surface area contributed by atoms with Crippen molar-refractivity contribution in [3.8, 4) is 0 Å². The predicted molar refractivity (Wildman–Crippen MR) is 42.0 cm³/mol. The van der Waals surface area contributed by atoms with Gasteiger partial charge in [-0.25, -0.2) is 0 Å². The highest BCUT2D eigenvalue weighted by Gasteiger charge is 2.46. The van der Waals surface area contributed by atoms with Crippen molar-refractivity contribution < 1.29 is 9.90 Å². The lowest BCUT2D eigenvalue weighted by Crippen LogP contribution is -2.36. The molecule has 0 bridgehead atoms. The van der Waals surface area contributed by atoms with Gasteiger partial charge in [-0.2, -0.15) is 0 Å². The van der Waals surface area contributed by atoms with Gasteiger partial charge in [0, 0.05) is 6.54 Å². The molecule has 1 unspecified atom stereocenters. The van der Waals surface area contributed by atoms with Crippen LogP contribution in [0.5, 0.6) is 0 Å². The molecule has 1 amide bonds. The third-order valence-electron chi connectivity index (χ3n) is 2.81. The Balaban J connectivity index is 2.85. The van der Waals surface area contributed by atoms with Crippen LogP contribution in [0.2, 0.25) is 0 Å². The molecule has 1 saturated heterocycles. The standard InChI is InChI=1S/C8H15NO2/c1-3-8(4-2)6(10)5-9-7(8)11/h6,10H,3-5H2,1-2H3,(H,9,11). The van der Waals surface area contributed by atoms with E-state index < -0.39 is 11.5 Å². The summed E-state index contributed by atoms with van der Waals surface area (Å²) in [5.74, 6) is 0.00926. The van der Waals surface area contributed by atoms with Crippen LogP contribution in [-0.4, -0.2) is 23.7 Å². The Bertz CT molecular complexity index is 163. The first-order chi connectivity index (χ1) is 5.17. The molecule has 1 fully saturated rings. The van der Waals surface area contributed by atoms with Crippen molar-refractivity contribution in [1.82, 2.24) is 5.32 Å². The minimum absolute atomic E-state index is 0.00926. The van der Waals surface area contributed by atoms with Crippen LogP contribution in [0.1, 0.15) is 26.7 Å². The van der Waals surface area contributed by atoms with Gasteiger partial charge in [0.25, 0.3) is 0 Å². The van der Waals surface area contributed by atoms with E-state index in [1.807, 2.05) is 13.8 Å². The van der Waals surface area contributed by atoms with Gasteiger partial charge in [0.15, 0.2) is 0 Å². The van der Waals surface area contributed by atoms with E-state index in [0.29, 0.717) is 6.54 Å². The summed E-state index contributed by atoms with van der Waals surface area (Å²) >= 11 is 0. The van der Waals surface area contributed by atoms with Crippen LogP contribution in [0.3, 0.4) is 0 Å². The average molecular weight is 157 g/mol. The van der Waals surface area contributed by atoms with Gasteiger partial charge < -0.3 is 10.4 Å². The van der Waals surface area contributed by atoms with E-state index in [9.17, 15) is 9.90 Å². The fraction of sp³-hybridized carbons (Fsp3) is 0.875. The Morgan fingerprint density at radius 2 is 2.18 bits per heavy atom. The first kappa shape index (κ1) is 8.53. The largest absolute Gasteiger partial charge is 0.390 e. The van der Waals surface area contributed by atoms with Crippen LogP contribution in [0.4, 0.5) is 0 Å². The smallest absolute Gasteiger partial charge is 0.228 e. The Morgan fingerprint density at radius 3 is 2.36 bits per heavy atom. The second-order valence-corrected chi connectivity index (χ2v) is 3.09. The molecule has 3 nitrogen and oxygen atoms in total. The molecule has 11 heavy (non-hydrogen) atoms. The number of hydrogen-bond acceptors (Lipinski definition) is 2. The first-order valence-corrected chi connectivity index (χ1v) is 4.13. The number of hydrogen-bond donors (Lipinski definition) is 2. The Morgan fingerprint density at radius 1 is 1.64 bits per heavy atom. The van der Waals surface area contributed by atoms with E-state index >= 15 is 0 Å². The Hall–Kier alpha value is -0.570. The molecule has 0 radical (unpaired) electrons. The molecule has 64 valence electrons. The number of β-amino-alcohol motifs (C(OH)–C–C–N with tert-alkyl or cyclic N) is 1. The molecular weight excluding hydrogens is 142 g/mol. The molecule has 0 aromatic rings. The van der Waals surface area contributed by atoms with Crippen LogP contribution < -0.4 is 5.32 Å². The topological polar surface area (TPSA) is 49.3 Å². The highest BCUT2D eigenvalue weighted by atomic mass is 16.3. The Labute approximate surface area is 66.8 Å². The molecule has 1 aliphatic rings. The van der Waals surface area contributed by atoms with Gasteiger partial charge in [0.05, 0.1) is 11.5 Å². The fourth-order valence-corrected chi connectivity index (χ4v) is 1.75. The molecule has 0 saturated carbocycles. The van der Waals surface area contributed by atoms with Crippen LogP contribution >= 0.6 is 0 Å². The van der Waals surface area contributed by atoms with Crippen molar-refractivity contribution in [2.24, 2.45) is 5.41 Å². The zero-order valence-corrected chi connectivity index (χ0v) is 7.05. The zero-order chi connectivity index (χ0) is 8.48. The molecule has 0 aromatic carbocycles. The van der Waals surface area contributed by atoms with Gasteiger partial charge >= 0.3 is 0 Å². The van der Waals surface area contributed by atoms with E-state index in [1.165, 1.54) is 0 Å². The molecule has 0 aromatic heterocycles. The number of aliphatic hydroxyl groups is 1. The van der Waals surface area contributed by atoms with Crippen LogP contribution in [0.15, 0.2) is 0 Å². The fourth-order valence-electron chi connectivity index (χ4n) is 1.75. The van der Waals surface area contributed by atoms with Crippen LogP contribution in [0.25, 0.3) is 0 Å². The van der Waals surface area contributed by atoms with Gasteiger partial charge in [0.1, 0.15) is 0 Å². The van der Waals surface area contributed by atoms with Crippen LogP contribution in [0, 0.1) is 5.41 Å². The second kappa shape index (κ2) is 2.81. The van der Waals surface area contributed by atoms with E-state index in [0.717, 1.165) is 12.8 Å². The van der Waals surface area contributed by atoms with Crippen molar-refractivity contribution >= 4 is 5.91 Å². The van der Waals surface area contributed by atoms with E-state index in [4.69, 9.17) is 0 Å². The lowest BCUT2D eigenvalue weighted by atomic mass is 9.79. The molecular formula is C8H15NO2. The van der Waals surface area contributed by atoms with Crippen molar-refractivity contribution in [2.45, 2.75) is 32.8 Å². The van der Waals surface area contributed by atoms with Crippen LogP contribution in [-0.2, 0) is 4.79 Å². The number of carbonyl (C=O) groups is 1.